The Hall–Kier alpha value is -3.51. The van der Waals surface area contributed by atoms with Crippen LogP contribution in [0.5, 0.6) is 11.5 Å². The van der Waals surface area contributed by atoms with Crippen LogP contribution in [0.25, 0.3) is 0 Å². The highest BCUT2D eigenvalue weighted by Gasteiger charge is 2.31. The summed E-state index contributed by atoms with van der Waals surface area (Å²) in [6, 6.07) is 5.38. The van der Waals surface area contributed by atoms with Gasteiger partial charge in [0.25, 0.3) is 0 Å². The van der Waals surface area contributed by atoms with Crippen LogP contribution in [0.4, 0.5) is 41.9 Å². The molecule has 0 unspecified atom stereocenters. The molecule has 33 heavy (non-hydrogen) atoms. The molecule has 0 fully saturated rings. The van der Waals surface area contributed by atoms with Crippen molar-refractivity contribution >= 4 is 51.9 Å². The molecule has 1 heterocycles. The number of hydrogen-bond donors (Lipinski definition) is 2. The van der Waals surface area contributed by atoms with Crippen molar-refractivity contribution in [2.24, 2.45) is 0 Å². The number of methoxy groups -OCH3 is 2. The molecule has 0 radical (unpaired) electrons. The van der Waals surface area contributed by atoms with E-state index in [0.717, 1.165) is 18.5 Å². The highest BCUT2D eigenvalue weighted by molar-refractivity contribution is 6.33. The van der Waals surface area contributed by atoms with Crippen molar-refractivity contribution in [2.45, 2.75) is 6.18 Å². The number of nitrogens with zero attached hydrogens (tertiary/aromatic N) is 3. The maximum Gasteiger partial charge on any atom is 0.416 e. The summed E-state index contributed by atoms with van der Waals surface area (Å²) in [5.74, 6) is -0.130. The standard InChI is InChI=1S/C19H14Cl2F3N5O4/c1-32-14-7-15(33-2)13(6-11(14)21)28-18-16(29(30)31)17(25-8-26-18)27-12-5-9(19(22,23)24)3-4-10(12)20/h3-8H,1-2H3,(H2,25,26,27,28). The molecule has 3 aromatic rings. The molecule has 0 aliphatic heterocycles. The average molecular weight is 504 g/mol. The van der Waals surface area contributed by atoms with Crippen molar-refractivity contribution in [1.29, 1.82) is 0 Å². The summed E-state index contributed by atoms with van der Waals surface area (Å²) in [4.78, 5) is 18.7. The first-order chi connectivity index (χ1) is 15.5. The smallest absolute Gasteiger partial charge is 0.416 e. The largest absolute Gasteiger partial charge is 0.495 e. The number of benzene rings is 2. The Labute approximate surface area is 194 Å². The fraction of sp³-hybridized carbons (Fsp3) is 0.158. The van der Waals surface area contributed by atoms with Crippen LogP contribution in [-0.2, 0) is 6.18 Å². The minimum absolute atomic E-state index is 0.103. The lowest BCUT2D eigenvalue weighted by atomic mass is 10.2. The summed E-state index contributed by atoms with van der Waals surface area (Å²) >= 11 is 12.1. The second-order valence-corrected chi connectivity index (χ2v) is 7.12. The molecule has 0 aliphatic rings. The van der Waals surface area contributed by atoms with Gasteiger partial charge in [-0.15, -0.1) is 0 Å². The molecular weight excluding hydrogens is 490 g/mol. The monoisotopic (exact) mass is 503 g/mol. The number of rotatable bonds is 7. The van der Waals surface area contributed by atoms with E-state index in [0.29, 0.717) is 11.8 Å². The number of halogens is 5. The summed E-state index contributed by atoms with van der Waals surface area (Å²) < 4.78 is 49.5. The Kier molecular flexibility index (Phi) is 6.98. The molecule has 0 bridgehead atoms. The molecule has 2 N–H and O–H groups in total. The van der Waals surface area contributed by atoms with Crippen molar-refractivity contribution in [2.75, 3.05) is 24.9 Å². The molecule has 0 spiro atoms. The van der Waals surface area contributed by atoms with E-state index in [2.05, 4.69) is 20.6 Å². The highest BCUT2D eigenvalue weighted by Crippen LogP contribution is 2.41. The van der Waals surface area contributed by atoms with Crippen LogP contribution >= 0.6 is 23.2 Å². The van der Waals surface area contributed by atoms with Gasteiger partial charge < -0.3 is 20.1 Å². The molecule has 0 amide bonds. The van der Waals surface area contributed by atoms with Gasteiger partial charge in [0.05, 0.1) is 46.1 Å². The van der Waals surface area contributed by atoms with E-state index in [9.17, 15) is 23.3 Å². The molecule has 0 atom stereocenters. The lowest BCUT2D eigenvalue weighted by Gasteiger charge is -2.15. The second kappa shape index (κ2) is 9.55. The van der Waals surface area contributed by atoms with Gasteiger partial charge in [0, 0.05) is 6.07 Å². The number of anilines is 4. The van der Waals surface area contributed by atoms with Gasteiger partial charge in [-0.3, -0.25) is 10.1 Å². The van der Waals surface area contributed by atoms with E-state index >= 15 is 0 Å². The van der Waals surface area contributed by atoms with Crippen LogP contribution in [0.1, 0.15) is 5.56 Å². The maximum atomic E-state index is 13.1. The van der Waals surface area contributed by atoms with Crippen LogP contribution in [0, 0.1) is 10.1 Å². The lowest BCUT2D eigenvalue weighted by molar-refractivity contribution is -0.383. The Balaban J connectivity index is 2.05. The van der Waals surface area contributed by atoms with Crippen LogP contribution in [0.15, 0.2) is 36.7 Å². The maximum absolute atomic E-state index is 13.1. The Bertz CT molecular complexity index is 1210. The summed E-state index contributed by atoms with van der Waals surface area (Å²) in [6.07, 6.45) is -3.66. The number of nitrogens with one attached hydrogen (secondary N) is 2. The number of ether oxygens (including phenoxy) is 2. The molecule has 0 saturated carbocycles. The van der Waals surface area contributed by atoms with Gasteiger partial charge in [-0.2, -0.15) is 13.2 Å². The Morgan fingerprint density at radius 1 is 0.939 bits per heavy atom. The molecule has 174 valence electrons. The molecular formula is C19H14Cl2F3N5O4. The molecule has 9 nitrogen and oxygen atoms in total. The Morgan fingerprint density at radius 3 is 2.09 bits per heavy atom. The van der Waals surface area contributed by atoms with E-state index in [1.165, 1.54) is 26.4 Å². The molecule has 0 aliphatic carbocycles. The van der Waals surface area contributed by atoms with E-state index in [1.807, 2.05) is 0 Å². The van der Waals surface area contributed by atoms with Gasteiger partial charge in [-0.1, -0.05) is 23.2 Å². The SMILES string of the molecule is COc1cc(OC)c(Nc2ncnc(Nc3cc(C(F)(F)F)ccc3Cl)c2[N+](=O)[O-])cc1Cl. The van der Waals surface area contributed by atoms with E-state index in [-0.39, 0.29) is 33.0 Å². The van der Waals surface area contributed by atoms with Crippen LogP contribution in [-0.4, -0.2) is 29.1 Å². The minimum atomic E-state index is -4.64. The molecule has 2 aromatic carbocycles. The van der Waals surface area contributed by atoms with Gasteiger partial charge in [-0.25, -0.2) is 9.97 Å². The first-order valence-electron chi connectivity index (χ1n) is 8.86. The first kappa shape index (κ1) is 24.1. The van der Waals surface area contributed by atoms with Crippen molar-refractivity contribution in [3.05, 3.63) is 62.4 Å². The van der Waals surface area contributed by atoms with E-state index < -0.39 is 28.2 Å². The van der Waals surface area contributed by atoms with E-state index in [1.54, 1.807) is 0 Å². The van der Waals surface area contributed by atoms with Gasteiger partial charge in [0.1, 0.15) is 17.8 Å². The Morgan fingerprint density at radius 2 is 1.55 bits per heavy atom. The zero-order valence-electron chi connectivity index (χ0n) is 16.8. The molecule has 0 saturated heterocycles. The normalized spacial score (nSPS) is 11.1. The second-order valence-electron chi connectivity index (χ2n) is 6.31. The zero-order valence-corrected chi connectivity index (χ0v) is 18.3. The van der Waals surface area contributed by atoms with Crippen molar-refractivity contribution in [1.82, 2.24) is 9.97 Å². The molecule has 14 heteroatoms. The fourth-order valence-electron chi connectivity index (χ4n) is 2.74. The number of aromatic nitrogens is 2. The summed E-state index contributed by atoms with van der Waals surface area (Å²) in [5.41, 5.74) is -1.67. The average Bonchev–Trinajstić information content (AvgIpc) is 2.74. The zero-order chi connectivity index (χ0) is 24.3. The third-order valence-corrected chi connectivity index (χ3v) is 4.90. The quantitative estimate of drug-likeness (QED) is 0.289. The van der Waals surface area contributed by atoms with Crippen molar-refractivity contribution in [3.63, 3.8) is 0 Å². The van der Waals surface area contributed by atoms with Gasteiger partial charge in [0.2, 0.25) is 11.6 Å². The highest BCUT2D eigenvalue weighted by atomic mass is 35.5. The number of alkyl halides is 3. The first-order valence-corrected chi connectivity index (χ1v) is 9.62. The van der Waals surface area contributed by atoms with Crippen LogP contribution < -0.4 is 20.1 Å². The number of nitro groups is 1. The summed E-state index contributed by atoms with van der Waals surface area (Å²) in [6.45, 7) is 0. The van der Waals surface area contributed by atoms with Crippen LogP contribution in [0.2, 0.25) is 10.0 Å². The fourth-order valence-corrected chi connectivity index (χ4v) is 3.15. The summed E-state index contributed by atoms with van der Waals surface area (Å²) in [7, 11) is 2.77. The molecule has 1 aromatic heterocycles. The van der Waals surface area contributed by atoms with Crippen molar-refractivity contribution in [3.8, 4) is 11.5 Å². The number of hydrogen-bond acceptors (Lipinski definition) is 8. The minimum Gasteiger partial charge on any atom is -0.495 e. The van der Waals surface area contributed by atoms with E-state index in [4.69, 9.17) is 32.7 Å². The van der Waals surface area contributed by atoms with Gasteiger partial charge >= 0.3 is 11.9 Å². The predicted octanol–water partition coefficient (Wildman–Crippen LogP) is 6.21. The van der Waals surface area contributed by atoms with Gasteiger partial charge in [0.15, 0.2) is 0 Å². The van der Waals surface area contributed by atoms with Crippen LogP contribution in [0.3, 0.4) is 0 Å². The van der Waals surface area contributed by atoms with Gasteiger partial charge in [-0.05, 0) is 24.3 Å². The third kappa shape index (κ3) is 5.29. The topological polar surface area (TPSA) is 111 Å². The molecule has 3 rings (SSSR count). The third-order valence-electron chi connectivity index (χ3n) is 4.28. The lowest BCUT2D eigenvalue weighted by Crippen LogP contribution is -2.08. The predicted molar refractivity (Wildman–Crippen MR) is 116 cm³/mol. The summed E-state index contributed by atoms with van der Waals surface area (Å²) in [5, 5.41) is 17.1. The van der Waals surface area contributed by atoms with Crippen molar-refractivity contribution < 1.29 is 27.6 Å².